The molecule has 110 valence electrons. The molecule has 0 amide bonds. The third-order valence-electron chi connectivity index (χ3n) is 3.65. The zero-order valence-electron chi connectivity index (χ0n) is 11.6. The summed E-state index contributed by atoms with van der Waals surface area (Å²) in [5, 5.41) is 10.1. The summed E-state index contributed by atoms with van der Waals surface area (Å²) in [6.07, 6.45) is 1.87. The van der Waals surface area contributed by atoms with Crippen LogP contribution in [-0.4, -0.2) is 31.5 Å². The molecule has 1 atom stereocenters. The van der Waals surface area contributed by atoms with Crippen LogP contribution < -0.4 is 4.72 Å². The molecule has 0 aromatic heterocycles. The molecular formula is C14H19NO4S. The number of carbonyl (C=O) groups is 1. The molecule has 0 aliphatic heterocycles. The van der Waals surface area contributed by atoms with E-state index in [9.17, 15) is 18.3 Å². The molecular weight excluding hydrogens is 278 g/mol. The predicted octanol–water partition coefficient (Wildman–Crippen LogP) is 1.33. The number of ketones is 1. The highest BCUT2D eigenvalue weighted by atomic mass is 32.2. The monoisotopic (exact) mass is 297 g/mol. The van der Waals surface area contributed by atoms with Crippen molar-refractivity contribution in [2.24, 2.45) is 5.92 Å². The van der Waals surface area contributed by atoms with E-state index in [2.05, 4.69) is 4.72 Å². The van der Waals surface area contributed by atoms with Crippen LogP contribution in [0, 0.1) is 5.92 Å². The molecule has 0 bridgehead atoms. The Labute approximate surface area is 119 Å². The lowest BCUT2D eigenvalue weighted by molar-refractivity contribution is 0.0422. The normalized spacial score (nSPS) is 18.6. The lowest BCUT2D eigenvalue weighted by atomic mass is 10.0. The number of carbonyl (C=O) groups excluding carboxylic acids is 1. The fourth-order valence-corrected chi connectivity index (χ4v) is 3.19. The number of rotatable bonds is 6. The Balaban J connectivity index is 2.08. The number of hydrogen-bond donors (Lipinski definition) is 2. The van der Waals surface area contributed by atoms with E-state index < -0.39 is 15.6 Å². The number of Topliss-reactive ketones (excluding diaryl/α,β-unsaturated/α-hetero) is 1. The molecule has 0 spiro atoms. The topological polar surface area (TPSA) is 83.5 Å². The third-order valence-corrected chi connectivity index (χ3v) is 5.07. The SMILES string of the molecule is CC(=O)c1ccc(S(=O)(=O)NCC(C)(O)C2CC2)cc1. The van der Waals surface area contributed by atoms with Crippen molar-refractivity contribution in [2.45, 2.75) is 37.2 Å². The summed E-state index contributed by atoms with van der Waals surface area (Å²) in [6, 6.07) is 5.75. The smallest absolute Gasteiger partial charge is 0.240 e. The summed E-state index contributed by atoms with van der Waals surface area (Å²) >= 11 is 0. The highest BCUT2D eigenvalue weighted by molar-refractivity contribution is 7.89. The molecule has 6 heteroatoms. The van der Waals surface area contributed by atoms with Gasteiger partial charge in [-0.1, -0.05) is 12.1 Å². The molecule has 2 N–H and O–H groups in total. The average molecular weight is 297 g/mol. The molecule has 1 saturated carbocycles. The van der Waals surface area contributed by atoms with Crippen molar-refractivity contribution in [2.75, 3.05) is 6.54 Å². The first-order valence-electron chi connectivity index (χ1n) is 6.55. The first-order valence-corrected chi connectivity index (χ1v) is 8.04. The van der Waals surface area contributed by atoms with Gasteiger partial charge in [-0.15, -0.1) is 0 Å². The van der Waals surface area contributed by atoms with E-state index in [1.807, 2.05) is 0 Å². The summed E-state index contributed by atoms with van der Waals surface area (Å²) in [5.41, 5.74) is -0.541. The van der Waals surface area contributed by atoms with Crippen LogP contribution in [0.4, 0.5) is 0 Å². The molecule has 1 unspecified atom stereocenters. The van der Waals surface area contributed by atoms with Gasteiger partial charge in [-0.05, 0) is 44.7 Å². The van der Waals surface area contributed by atoms with Crippen molar-refractivity contribution in [1.29, 1.82) is 0 Å². The maximum Gasteiger partial charge on any atom is 0.240 e. The largest absolute Gasteiger partial charge is 0.389 e. The Morgan fingerprint density at radius 2 is 1.90 bits per heavy atom. The van der Waals surface area contributed by atoms with Gasteiger partial charge in [0.25, 0.3) is 0 Å². The zero-order valence-corrected chi connectivity index (χ0v) is 12.4. The Hall–Kier alpha value is -1.24. The Kier molecular flexibility index (Phi) is 4.00. The Morgan fingerprint density at radius 1 is 1.35 bits per heavy atom. The van der Waals surface area contributed by atoms with Gasteiger partial charge in [-0.2, -0.15) is 0 Å². The van der Waals surface area contributed by atoms with Gasteiger partial charge in [0.15, 0.2) is 5.78 Å². The van der Waals surface area contributed by atoms with Crippen LogP contribution in [-0.2, 0) is 10.0 Å². The molecule has 5 nitrogen and oxygen atoms in total. The van der Waals surface area contributed by atoms with Crippen LogP contribution in [0.5, 0.6) is 0 Å². The van der Waals surface area contributed by atoms with Crippen LogP contribution in [0.1, 0.15) is 37.0 Å². The van der Waals surface area contributed by atoms with Gasteiger partial charge in [0.1, 0.15) is 0 Å². The van der Waals surface area contributed by atoms with Crippen LogP contribution in [0.2, 0.25) is 0 Å². The second kappa shape index (κ2) is 5.27. The maximum absolute atomic E-state index is 12.1. The summed E-state index contributed by atoms with van der Waals surface area (Å²) in [4.78, 5) is 11.2. The van der Waals surface area contributed by atoms with Crippen molar-refractivity contribution in [3.05, 3.63) is 29.8 Å². The number of hydrogen-bond acceptors (Lipinski definition) is 4. The molecule has 1 aliphatic rings. The van der Waals surface area contributed by atoms with Gasteiger partial charge in [0, 0.05) is 12.1 Å². The minimum atomic E-state index is -3.66. The van der Waals surface area contributed by atoms with Gasteiger partial charge < -0.3 is 5.11 Å². The van der Waals surface area contributed by atoms with Crippen molar-refractivity contribution >= 4 is 15.8 Å². The Bertz CT molecular complexity index is 601. The van der Waals surface area contributed by atoms with Crippen LogP contribution in [0.15, 0.2) is 29.2 Å². The minimum Gasteiger partial charge on any atom is -0.389 e. The third kappa shape index (κ3) is 3.45. The Morgan fingerprint density at radius 3 is 2.35 bits per heavy atom. The van der Waals surface area contributed by atoms with Crippen molar-refractivity contribution in [1.82, 2.24) is 4.72 Å². The van der Waals surface area contributed by atoms with Crippen LogP contribution in [0.3, 0.4) is 0 Å². The van der Waals surface area contributed by atoms with Crippen molar-refractivity contribution in [3.8, 4) is 0 Å². The zero-order chi connectivity index (χ0) is 15.0. The van der Waals surface area contributed by atoms with E-state index in [4.69, 9.17) is 0 Å². The van der Waals surface area contributed by atoms with Gasteiger partial charge in [0.05, 0.1) is 10.5 Å². The number of aliphatic hydroxyl groups is 1. The van der Waals surface area contributed by atoms with E-state index >= 15 is 0 Å². The van der Waals surface area contributed by atoms with E-state index in [0.29, 0.717) is 5.56 Å². The fraction of sp³-hybridized carbons (Fsp3) is 0.500. The van der Waals surface area contributed by atoms with E-state index in [1.54, 1.807) is 6.92 Å². The standard InChI is InChI=1S/C14H19NO4S/c1-10(16)11-3-7-13(8-4-11)20(18,19)15-9-14(2,17)12-5-6-12/h3-4,7-8,12,15,17H,5-6,9H2,1-2H3. The van der Waals surface area contributed by atoms with Crippen LogP contribution in [0.25, 0.3) is 0 Å². The van der Waals surface area contributed by atoms with E-state index in [-0.39, 0.29) is 23.1 Å². The second-order valence-corrected chi connectivity index (χ2v) is 7.30. The first kappa shape index (κ1) is 15.2. The van der Waals surface area contributed by atoms with Crippen molar-refractivity contribution in [3.63, 3.8) is 0 Å². The lowest BCUT2D eigenvalue weighted by Gasteiger charge is -2.23. The molecule has 0 saturated heterocycles. The summed E-state index contributed by atoms with van der Waals surface area (Å²) in [6.45, 7) is 3.06. The molecule has 2 rings (SSSR count). The molecule has 1 aromatic rings. The van der Waals surface area contributed by atoms with Gasteiger partial charge in [-0.3, -0.25) is 4.79 Å². The molecule has 0 radical (unpaired) electrons. The van der Waals surface area contributed by atoms with Gasteiger partial charge in [-0.25, -0.2) is 13.1 Å². The fourth-order valence-electron chi connectivity index (χ4n) is 2.04. The molecule has 1 aliphatic carbocycles. The van der Waals surface area contributed by atoms with Gasteiger partial charge in [0.2, 0.25) is 10.0 Å². The lowest BCUT2D eigenvalue weighted by Crippen LogP contribution is -2.42. The molecule has 1 fully saturated rings. The van der Waals surface area contributed by atoms with E-state index in [0.717, 1.165) is 12.8 Å². The number of nitrogens with one attached hydrogen (secondary N) is 1. The van der Waals surface area contributed by atoms with E-state index in [1.165, 1.54) is 31.2 Å². The second-order valence-electron chi connectivity index (χ2n) is 5.54. The highest BCUT2D eigenvalue weighted by Crippen LogP contribution is 2.39. The maximum atomic E-state index is 12.1. The first-order chi connectivity index (χ1) is 9.22. The quantitative estimate of drug-likeness (QED) is 0.776. The van der Waals surface area contributed by atoms with Crippen LogP contribution >= 0.6 is 0 Å². The highest BCUT2D eigenvalue weighted by Gasteiger charge is 2.40. The summed E-state index contributed by atoms with van der Waals surface area (Å²) in [5.74, 6) is 0.0591. The summed E-state index contributed by atoms with van der Waals surface area (Å²) in [7, 11) is -3.66. The van der Waals surface area contributed by atoms with Gasteiger partial charge >= 0.3 is 0 Å². The molecule has 0 heterocycles. The molecule has 20 heavy (non-hydrogen) atoms. The average Bonchev–Trinajstić information content (AvgIpc) is 3.21. The predicted molar refractivity (Wildman–Crippen MR) is 75.0 cm³/mol. The number of sulfonamides is 1. The van der Waals surface area contributed by atoms with Crippen molar-refractivity contribution < 1.29 is 18.3 Å². The minimum absolute atomic E-state index is 0.00550. The summed E-state index contributed by atoms with van der Waals surface area (Å²) < 4.78 is 26.6. The molecule has 1 aromatic carbocycles. The number of benzene rings is 1.